The Morgan fingerprint density at radius 3 is 2.00 bits per heavy atom. The molecule has 0 bridgehead atoms. The van der Waals surface area contributed by atoms with Gasteiger partial charge in [-0.3, -0.25) is 0 Å². The van der Waals surface area contributed by atoms with Gasteiger partial charge in [-0.2, -0.15) is 0 Å². The van der Waals surface area contributed by atoms with Crippen LogP contribution >= 0.6 is 0 Å². The van der Waals surface area contributed by atoms with Crippen LogP contribution in [0.5, 0.6) is 0 Å². The molecule has 0 spiro atoms. The number of hydrogen-bond donors (Lipinski definition) is 0. The van der Waals surface area contributed by atoms with E-state index in [9.17, 15) is 0 Å². The van der Waals surface area contributed by atoms with Crippen molar-refractivity contribution in [3.8, 4) is 6.07 Å². The first kappa shape index (κ1) is 7.31. The molecule has 2 heteroatoms. The van der Waals surface area contributed by atoms with Crippen molar-refractivity contribution in [2.24, 2.45) is 0 Å². The van der Waals surface area contributed by atoms with Crippen LogP contribution in [-0.2, 0) is 0 Å². The molecule has 0 heterocycles. The van der Waals surface area contributed by atoms with E-state index < -0.39 is 20.2 Å². The van der Waals surface area contributed by atoms with Gasteiger partial charge in [-0.15, -0.1) is 0 Å². The van der Waals surface area contributed by atoms with Crippen LogP contribution in [0, 0.1) is 11.3 Å². The molecule has 0 saturated carbocycles. The monoisotopic (exact) mass is 205 g/mol. The van der Waals surface area contributed by atoms with Gasteiger partial charge in [0.1, 0.15) is 0 Å². The maximum absolute atomic E-state index is 8.30. The number of rotatable bonds is 1. The molecule has 0 aromatic carbocycles. The number of hydrogen-bond acceptors (Lipinski definition) is 1. The molecule has 1 unspecified atom stereocenters. The fraction of sp³-hybridized carbons (Fsp3) is 0.800. The van der Waals surface area contributed by atoms with Crippen molar-refractivity contribution in [2.75, 3.05) is 0 Å². The Kier molecular flexibility index (Phi) is 3.47. The van der Waals surface area contributed by atoms with Gasteiger partial charge in [-0.05, 0) is 0 Å². The molecule has 0 rings (SSSR count). The molecule has 40 valence electrons. The first-order chi connectivity index (χ1) is 3.18. The summed E-state index contributed by atoms with van der Waals surface area (Å²) in [4.78, 5) is 4.47. The molecule has 0 aliphatic carbocycles. The predicted octanol–water partition coefficient (Wildman–Crippen LogP) is 1.65. The summed E-state index contributed by atoms with van der Waals surface area (Å²) in [5.74, 6) is 0. The van der Waals surface area contributed by atoms with E-state index in [1.807, 2.05) is 6.92 Å². The first-order valence-corrected chi connectivity index (χ1v) is 8.82. The summed E-state index contributed by atoms with van der Waals surface area (Å²) < 4.78 is 0.392. The molecule has 0 radical (unpaired) electrons. The molecule has 0 saturated heterocycles. The quantitative estimate of drug-likeness (QED) is 0.598. The van der Waals surface area contributed by atoms with Crippen LogP contribution in [0.15, 0.2) is 0 Å². The Hall–Kier alpha value is 0.308. The van der Waals surface area contributed by atoms with Gasteiger partial charge < -0.3 is 0 Å². The van der Waals surface area contributed by atoms with Crippen molar-refractivity contribution >= 4 is 20.2 Å². The molecule has 1 atom stereocenters. The third-order valence-corrected chi connectivity index (χ3v) is 5.71. The third-order valence-electron chi connectivity index (χ3n) is 0.961. The van der Waals surface area contributed by atoms with E-state index in [1.54, 1.807) is 0 Å². The van der Waals surface area contributed by atoms with E-state index in [4.69, 9.17) is 5.26 Å². The Morgan fingerprint density at radius 2 is 2.00 bits per heavy atom. The van der Waals surface area contributed by atoms with Gasteiger partial charge in [-0.25, -0.2) is 0 Å². The van der Waals surface area contributed by atoms with Crippen LogP contribution < -0.4 is 0 Å². The van der Waals surface area contributed by atoms with E-state index in [0.717, 1.165) is 0 Å². The summed E-state index contributed by atoms with van der Waals surface area (Å²) >= 11 is -0.987. The average Bonchev–Trinajstić information content (AvgIpc) is 1.65. The molecule has 0 N–H and O–H groups in total. The molecular formula is C5H10NSb. The van der Waals surface area contributed by atoms with E-state index in [2.05, 4.69) is 15.8 Å². The maximum atomic E-state index is 8.30. The Morgan fingerprint density at radius 1 is 1.57 bits per heavy atom. The van der Waals surface area contributed by atoms with Gasteiger partial charge in [0.25, 0.3) is 0 Å². The fourth-order valence-electron chi connectivity index (χ4n) is 0.115. The summed E-state index contributed by atoms with van der Waals surface area (Å²) in [6.07, 6.45) is 0. The van der Waals surface area contributed by atoms with Gasteiger partial charge in [0.15, 0.2) is 0 Å². The molecular weight excluding hydrogens is 196 g/mol. The van der Waals surface area contributed by atoms with E-state index >= 15 is 0 Å². The zero-order valence-electron chi connectivity index (χ0n) is 4.97. The van der Waals surface area contributed by atoms with Crippen LogP contribution in [0.4, 0.5) is 0 Å². The fourth-order valence-corrected chi connectivity index (χ4v) is 0.775. The van der Waals surface area contributed by atoms with E-state index in [1.165, 1.54) is 0 Å². The van der Waals surface area contributed by atoms with Gasteiger partial charge in [0, 0.05) is 0 Å². The van der Waals surface area contributed by atoms with Gasteiger partial charge >= 0.3 is 52.1 Å². The second-order valence-electron chi connectivity index (χ2n) is 1.77. The van der Waals surface area contributed by atoms with Crippen LogP contribution in [0.3, 0.4) is 0 Å². The minimum absolute atomic E-state index is 0.392. The Balaban J connectivity index is 3.40. The summed E-state index contributed by atoms with van der Waals surface area (Å²) in [7, 11) is 0. The molecule has 0 fully saturated rings. The summed E-state index contributed by atoms with van der Waals surface area (Å²) in [5.41, 5.74) is 0. The van der Waals surface area contributed by atoms with Crippen LogP contribution in [-0.4, -0.2) is 20.2 Å². The van der Waals surface area contributed by atoms with E-state index in [-0.39, 0.29) is 0 Å². The van der Waals surface area contributed by atoms with E-state index in [0.29, 0.717) is 3.86 Å². The van der Waals surface area contributed by atoms with Crippen LogP contribution in [0.2, 0.25) is 13.6 Å². The second kappa shape index (κ2) is 3.33. The first-order valence-electron chi connectivity index (χ1n) is 2.24. The Bertz CT molecular complexity index is 82.6. The molecule has 0 aromatic rings. The van der Waals surface area contributed by atoms with Gasteiger partial charge in [0.2, 0.25) is 0 Å². The Labute approximate surface area is 52.3 Å². The predicted molar refractivity (Wildman–Crippen MR) is 32.5 cm³/mol. The normalized spacial score (nSPS) is 13.6. The topological polar surface area (TPSA) is 23.8 Å². The van der Waals surface area contributed by atoms with Crippen molar-refractivity contribution in [3.05, 3.63) is 0 Å². The second-order valence-corrected chi connectivity index (χ2v) is 9.48. The molecule has 7 heavy (non-hydrogen) atoms. The van der Waals surface area contributed by atoms with Crippen molar-refractivity contribution in [1.29, 1.82) is 5.26 Å². The van der Waals surface area contributed by atoms with Crippen molar-refractivity contribution < 1.29 is 0 Å². The van der Waals surface area contributed by atoms with Crippen molar-refractivity contribution in [3.63, 3.8) is 0 Å². The molecule has 0 aromatic heterocycles. The van der Waals surface area contributed by atoms with Crippen molar-refractivity contribution in [2.45, 2.75) is 20.5 Å². The number of nitriles is 1. The summed E-state index contributed by atoms with van der Waals surface area (Å²) in [5, 5.41) is 8.30. The summed E-state index contributed by atoms with van der Waals surface area (Å²) in [6.45, 7) is 2.02. The third kappa shape index (κ3) is 2.94. The zero-order valence-corrected chi connectivity index (χ0v) is 7.52. The minimum atomic E-state index is -0.987. The average molecular weight is 206 g/mol. The number of nitrogens with zero attached hydrogens (tertiary/aromatic N) is 1. The zero-order chi connectivity index (χ0) is 5.86. The summed E-state index contributed by atoms with van der Waals surface area (Å²) in [6, 6.07) is 2.25. The van der Waals surface area contributed by atoms with Crippen LogP contribution in [0.1, 0.15) is 6.92 Å². The van der Waals surface area contributed by atoms with Gasteiger partial charge in [0.05, 0.1) is 0 Å². The molecule has 0 aliphatic rings. The van der Waals surface area contributed by atoms with Crippen LogP contribution in [0.25, 0.3) is 0 Å². The molecule has 0 amide bonds. The van der Waals surface area contributed by atoms with Crippen molar-refractivity contribution in [1.82, 2.24) is 0 Å². The SMILES string of the molecule is C[CH](C#N)[Sb]([CH3])[CH3]. The molecule has 1 nitrogen and oxygen atoms in total. The van der Waals surface area contributed by atoms with Gasteiger partial charge in [-0.1, -0.05) is 0 Å². The molecule has 0 aliphatic heterocycles. The standard InChI is InChI=1S/C3H4N.2CH3.Sb/c1-2-3-4;;;/h2H,1H3;2*1H3;.